The van der Waals surface area contributed by atoms with Gasteiger partial charge < -0.3 is 5.11 Å². The lowest BCUT2D eigenvalue weighted by molar-refractivity contribution is -0.143. The zero-order valence-corrected chi connectivity index (χ0v) is 12.8. The number of aliphatic carboxylic acids is 1. The Balaban J connectivity index is 2.00. The molecule has 1 aromatic rings. The second-order valence-electron chi connectivity index (χ2n) is 6.87. The van der Waals surface area contributed by atoms with E-state index in [1.807, 2.05) is 6.07 Å². The Morgan fingerprint density at radius 2 is 1.57 bits per heavy atom. The second kappa shape index (κ2) is 6.21. The Hall–Kier alpha value is -1.31. The van der Waals surface area contributed by atoms with Gasteiger partial charge in [0.2, 0.25) is 0 Å². The molecule has 3 rings (SSSR count). The van der Waals surface area contributed by atoms with Gasteiger partial charge in [0.15, 0.2) is 0 Å². The van der Waals surface area contributed by atoms with Gasteiger partial charge in [-0.1, -0.05) is 62.8 Å². The lowest BCUT2D eigenvalue weighted by atomic mass is 9.73. The minimum absolute atomic E-state index is 0.570. The zero-order valence-electron chi connectivity index (χ0n) is 12.8. The van der Waals surface area contributed by atoms with Crippen LogP contribution in [0.25, 0.3) is 0 Å². The van der Waals surface area contributed by atoms with Crippen LogP contribution in [0.3, 0.4) is 0 Å². The fraction of sp³-hybridized carbons (Fsp3) is 0.632. The molecule has 0 saturated heterocycles. The van der Waals surface area contributed by atoms with Crippen LogP contribution >= 0.6 is 0 Å². The fourth-order valence-electron chi connectivity index (χ4n) is 4.46. The van der Waals surface area contributed by atoms with Crippen molar-refractivity contribution in [1.82, 2.24) is 0 Å². The smallest absolute Gasteiger partial charge is 0.314 e. The number of rotatable bonds is 3. The molecule has 0 bridgehead atoms. The quantitative estimate of drug-likeness (QED) is 0.792. The van der Waals surface area contributed by atoms with Crippen LogP contribution in [-0.4, -0.2) is 11.1 Å². The summed E-state index contributed by atoms with van der Waals surface area (Å²) < 4.78 is 0. The Labute approximate surface area is 127 Å². The summed E-state index contributed by atoms with van der Waals surface area (Å²) in [7, 11) is 0. The van der Waals surface area contributed by atoms with E-state index in [9.17, 15) is 9.90 Å². The van der Waals surface area contributed by atoms with E-state index >= 15 is 0 Å². The molecule has 0 amide bonds. The van der Waals surface area contributed by atoms with Gasteiger partial charge in [0.05, 0.1) is 5.41 Å². The minimum atomic E-state index is -0.610. The van der Waals surface area contributed by atoms with Gasteiger partial charge in [0, 0.05) is 0 Å². The van der Waals surface area contributed by atoms with Crippen LogP contribution in [0.15, 0.2) is 24.3 Å². The van der Waals surface area contributed by atoms with Crippen molar-refractivity contribution < 1.29 is 9.90 Å². The molecule has 2 saturated carbocycles. The van der Waals surface area contributed by atoms with Crippen molar-refractivity contribution in [3.05, 3.63) is 35.4 Å². The molecule has 0 aromatic heterocycles. The lowest BCUT2D eigenvalue weighted by Crippen LogP contribution is -2.34. The molecular weight excluding hydrogens is 260 g/mol. The third-order valence-electron chi connectivity index (χ3n) is 5.64. The number of hydrogen-bond donors (Lipinski definition) is 1. The van der Waals surface area contributed by atoms with Crippen LogP contribution in [0.5, 0.6) is 0 Å². The van der Waals surface area contributed by atoms with E-state index in [1.165, 1.54) is 44.1 Å². The van der Waals surface area contributed by atoms with Crippen molar-refractivity contribution in [2.75, 3.05) is 0 Å². The molecule has 1 aromatic carbocycles. The first-order valence-corrected chi connectivity index (χ1v) is 8.57. The van der Waals surface area contributed by atoms with E-state index in [1.54, 1.807) is 0 Å². The molecule has 0 spiro atoms. The first-order valence-electron chi connectivity index (χ1n) is 8.57. The number of hydrogen-bond acceptors (Lipinski definition) is 1. The Morgan fingerprint density at radius 1 is 0.952 bits per heavy atom. The van der Waals surface area contributed by atoms with Gasteiger partial charge in [0.1, 0.15) is 0 Å². The summed E-state index contributed by atoms with van der Waals surface area (Å²) >= 11 is 0. The predicted molar refractivity (Wildman–Crippen MR) is 84.7 cm³/mol. The van der Waals surface area contributed by atoms with Crippen LogP contribution in [0.1, 0.15) is 81.3 Å². The highest BCUT2D eigenvalue weighted by molar-refractivity contribution is 5.82. The van der Waals surface area contributed by atoms with Gasteiger partial charge in [0.25, 0.3) is 0 Å². The Kier molecular flexibility index (Phi) is 4.32. The molecule has 2 aliphatic rings. The number of carbonyl (C=O) groups is 1. The maximum absolute atomic E-state index is 12.0. The molecule has 0 unspecified atom stereocenters. The Morgan fingerprint density at radius 3 is 2.19 bits per heavy atom. The fourth-order valence-corrected chi connectivity index (χ4v) is 4.46. The van der Waals surface area contributed by atoms with Crippen LogP contribution < -0.4 is 0 Å². The molecule has 2 nitrogen and oxygen atoms in total. The van der Waals surface area contributed by atoms with E-state index < -0.39 is 11.4 Å². The monoisotopic (exact) mass is 286 g/mol. The van der Waals surface area contributed by atoms with Crippen molar-refractivity contribution in [3.63, 3.8) is 0 Å². The van der Waals surface area contributed by atoms with Gasteiger partial charge in [-0.2, -0.15) is 0 Å². The maximum atomic E-state index is 12.0. The van der Waals surface area contributed by atoms with Gasteiger partial charge >= 0.3 is 5.97 Å². The molecule has 2 aliphatic carbocycles. The summed E-state index contributed by atoms with van der Waals surface area (Å²) in [4.78, 5) is 12.0. The van der Waals surface area contributed by atoms with Gasteiger partial charge in [-0.25, -0.2) is 0 Å². The van der Waals surface area contributed by atoms with Gasteiger partial charge in [-0.3, -0.25) is 4.79 Å². The third kappa shape index (κ3) is 2.73. The average molecular weight is 286 g/mol. The minimum Gasteiger partial charge on any atom is -0.481 e. The summed E-state index contributed by atoms with van der Waals surface area (Å²) in [6.07, 6.45) is 11.4. The Bertz CT molecular complexity index is 492. The van der Waals surface area contributed by atoms with E-state index in [0.717, 1.165) is 31.2 Å². The molecule has 0 radical (unpaired) electrons. The highest BCUT2D eigenvalue weighted by Crippen LogP contribution is 2.45. The molecule has 21 heavy (non-hydrogen) atoms. The number of benzene rings is 1. The summed E-state index contributed by atoms with van der Waals surface area (Å²) in [5.41, 5.74) is 1.86. The van der Waals surface area contributed by atoms with Crippen LogP contribution in [-0.2, 0) is 10.2 Å². The maximum Gasteiger partial charge on any atom is 0.314 e. The normalized spacial score (nSPS) is 22.9. The highest BCUT2D eigenvalue weighted by atomic mass is 16.4. The first-order chi connectivity index (χ1) is 10.2. The topological polar surface area (TPSA) is 37.3 Å². The van der Waals surface area contributed by atoms with Crippen molar-refractivity contribution in [3.8, 4) is 0 Å². The van der Waals surface area contributed by atoms with Crippen LogP contribution in [0.4, 0.5) is 0 Å². The standard InChI is InChI=1S/C19H26O2/c20-18(21)19(13-7-8-14-19)17-12-6-5-11-16(17)15-9-3-1-2-4-10-15/h5-6,11-12,15H,1-4,7-10,13-14H2,(H,20,21). The third-order valence-corrected chi connectivity index (χ3v) is 5.64. The number of carboxylic acids is 1. The predicted octanol–water partition coefficient (Wildman–Crippen LogP) is 5.02. The van der Waals surface area contributed by atoms with E-state index in [-0.39, 0.29) is 0 Å². The summed E-state index contributed by atoms with van der Waals surface area (Å²) in [6, 6.07) is 8.42. The first kappa shape index (κ1) is 14.6. The summed E-state index contributed by atoms with van der Waals surface area (Å²) in [5.74, 6) is -0.0402. The molecule has 2 fully saturated rings. The zero-order chi connectivity index (χ0) is 14.7. The van der Waals surface area contributed by atoms with Crippen molar-refractivity contribution in [1.29, 1.82) is 0 Å². The molecule has 0 heterocycles. The number of carboxylic acid groups (broad SMARTS) is 1. The lowest BCUT2D eigenvalue weighted by Gasteiger charge is -2.30. The molecule has 114 valence electrons. The van der Waals surface area contributed by atoms with E-state index in [0.29, 0.717) is 5.92 Å². The molecule has 1 N–H and O–H groups in total. The van der Waals surface area contributed by atoms with Gasteiger partial charge in [-0.05, 0) is 42.7 Å². The van der Waals surface area contributed by atoms with E-state index in [2.05, 4.69) is 18.2 Å². The molecule has 0 aliphatic heterocycles. The average Bonchev–Trinajstić information content (AvgIpc) is 2.85. The molecular formula is C19H26O2. The highest BCUT2D eigenvalue weighted by Gasteiger charge is 2.44. The molecule has 2 heteroatoms. The van der Waals surface area contributed by atoms with Crippen molar-refractivity contribution in [2.24, 2.45) is 0 Å². The second-order valence-corrected chi connectivity index (χ2v) is 6.87. The summed E-state index contributed by atoms with van der Waals surface area (Å²) in [5, 5.41) is 9.90. The SMILES string of the molecule is O=C(O)C1(c2ccccc2C2CCCCCC2)CCCC1. The van der Waals surface area contributed by atoms with Gasteiger partial charge in [-0.15, -0.1) is 0 Å². The van der Waals surface area contributed by atoms with Crippen LogP contribution in [0.2, 0.25) is 0 Å². The van der Waals surface area contributed by atoms with Crippen molar-refractivity contribution >= 4 is 5.97 Å². The van der Waals surface area contributed by atoms with Crippen LogP contribution in [0, 0.1) is 0 Å². The largest absolute Gasteiger partial charge is 0.481 e. The van der Waals surface area contributed by atoms with Crippen molar-refractivity contribution in [2.45, 2.75) is 75.5 Å². The van der Waals surface area contributed by atoms with E-state index in [4.69, 9.17) is 0 Å². The summed E-state index contributed by atoms with van der Waals surface area (Å²) in [6.45, 7) is 0. The molecule has 0 atom stereocenters.